The fourth-order valence-electron chi connectivity index (χ4n) is 6.27. The lowest BCUT2D eigenvalue weighted by Gasteiger charge is -2.16. The van der Waals surface area contributed by atoms with Crippen molar-refractivity contribution in [2.45, 2.75) is 101 Å². The largest absolute Gasteiger partial charge is 0.377 e. The summed E-state index contributed by atoms with van der Waals surface area (Å²) in [5, 5.41) is 14.9. The van der Waals surface area contributed by atoms with Crippen molar-refractivity contribution in [1.29, 1.82) is 0 Å². The molecule has 0 unspecified atom stereocenters. The van der Waals surface area contributed by atoms with Gasteiger partial charge in [-0.1, -0.05) is 20.3 Å². The van der Waals surface area contributed by atoms with E-state index in [0.717, 1.165) is 37.9 Å². The lowest BCUT2D eigenvalue weighted by atomic mass is 10.0. The van der Waals surface area contributed by atoms with Crippen molar-refractivity contribution in [1.82, 2.24) is 36.1 Å². The lowest BCUT2D eigenvalue weighted by molar-refractivity contribution is -0.122. The van der Waals surface area contributed by atoms with Crippen molar-refractivity contribution < 1.29 is 38.1 Å². The average molecular weight is 710 g/mol. The molecule has 16 heteroatoms. The number of carbonyl (C=O) groups excluding carboxylic acids is 4. The highest BCUT2D eigenvalue weighted by Crippen LogP contribution is 2.35. The number of carbonyl (C=O) groups is 4. The summed E-state index contributed by atoms with van der Waals surface area (Å²) in [6, 6.07) is 0.0163. The minimum absolute atomic E-state index is 0.0245. The molecule has 15 nitrogen and oxygen atoms in total. The highest BCUT2D eigenvalue weighted by Gasteiger charge is 2.42. The van der Waals surface area contributed by atoms with E-state index in [0.29, 0.717) is 76.0 Å². The van der Waals surface area contributed by atoms with Crippen LogP contribution in [0.1, 0.15) is 82.4 Å². The quantitative estimate of drug-likeness (QED) is 0.0829. The SMILES string of the molecule is CC[C@@H]1C[C@H](C)[C@H](n2cnc(C(=O)N[C@@H](C)CC(=O)NCCOCCOCCOCCNC(=O)CCCC[C@@H]3SC[C@H]4NC(=O)N[C@@H]34)c2)O1. The smallest absolute Gasteiger partial charge is 0.315 e. The lowest BCUT2D eigenvalue weighted by Crippen LogP contribution is -2.38. The van der Waals surface area contributed by atoms with Crippen molar-refractivity contribution in [3.63, 3.8) is 0 Å². The maximum Gasteiger partial charge on any atom is 0.315 e. The van der Waals surface area contributed by atoms with Crippen LogP contribution in [-0.4, -0.2) is 121 Å². The summed E-state index contributed by atoms with van der Waals surface area (Å²) in [7, 11) is 0. The third-order valence-corrected chi connectivity index (χ3v) is 10.4. The van der Waals surface area contributed by atoms with Gasteiger partial charge in [0, 0.05) is 55.1 Å². The molecule has 0 radical (unpaired) electrons. The van der Waals surface area contributed by atoms with Crippen LogP contribution in [0.5, 0.6) is 0 Å². The predicted molar refractivity (Wildman–Crippen MR) is 184 cm³/mol. The zero-order valence-electron chi connectivity index (χ0n) is 29.1. The molecule has 0 aliphatic carbocycles. The third-order valence-electron chi connectivity index (χ3n) is 8.87. The monoisotopic (exact) mass is 709 g/mol. The van der Waals surface area contributed by atoms with Crippen molar-refractivity contribution >= 4 is 35.5 Å². The van der Waals surface area contributed by atoms with Gasteiger partial charge in [-0.2, -0.15) is 11.8 Å². The van der Waals surface area contributed by atoms with Gasteiger partial charge in [-0.3, -0.25) is 14.4 Å². The van der Waals surface area contributed by atoms with Gasteiger partial charge in [-0.15, -0.1) is 0 Å². The molecule has 3 fully saturated rings. The van der Waals surface area contributed by atoms with Gasteiger partial charge in [0.05, 0.1) is 64.2 Å². The van der Waals surface area contributed by atoms with E-state index in [9.17, 15) is 19.2 Å². The Hall–Kier alpha value is -2.92. The molecule has 4 heterocycles. The molecule has 5 N–H and O–H groups in total. The normalized spacial score (nSPS) is 25.0. The summed E-state index contributed by atoms with van der Waals surface area (Å²) in [6.07, 6.45) is 8.78. The van der Waals surface area contributed by atoms with E-state index in [1.807, 2.05) is 16.3 Å². The van der Waals surface area contributed by atoms with E-state index in [1.54, 1.807) is 19.4 Å². The predicted octanol–water partition coefficient (Wildman–Crippen LogP) is 1.73. The summed E-state index contributed by atoms with van der Waals surface area (Å²) in [5.41, 5.74) is 0.296. The second-order valence-corrected chi connectivity index (χ2v) is 14.2. The number of fused-ring (bicyclic) bond motifs is 1. The van der Waals surface area contributed by atoms with Gasteiger partial charge in [-0.25, -0.2) is 9.78 Å². The van der Waals surface area contributed by atoms with Crippen LogP contribution in [0, 0.1) is 5.92 Å². The number of imidazole rings is 1. The summed E-state index contributed by atoms with van der Waals surface area (Å²) in [4.78, 5) is 52.7. The maximum atomic E-state index is 12.6. The number of hydrogen-bond acceptors (Lipinski definition) is 10. The Labute approximate surface area is 293 Å². The van der Waals surface area contributed by atoms with Crippen LogP contribution in [-0.2, 0) is 28.5 Å². The van der Waals surface area contributed by atoms with Crippen LogP contribution >= 0.6 is 11.8 Å². The highest BCUT2D eigenvalue weighted by atomic mass is 32.2. The molecular weight excluding hydrogens is 654 g/mol. The van der Waals surface area contributed by atoms with Crippen LogP contribution < -0.4 is 26.6 Å². The first-order valence-electron chi connectivity index (χ1n) is 17.7. The van der Waals surface area contributed by atoms with Crippen LogP contribution in [0.3, 0.4) is 0 Å². The topological polar surface area (TPSA) is 183 Å². The van der Waals surface area contributed by atoms with Crippen molar-refractivity contribution in [2.24, 2.45) is 5.92 Å². The van der Waals surface area contributed by atoms with Crippen LogP contribution in [0.4, 0.5) is 4.79 Å². The van der Waals surface area contributed by atoms with Gasteiger partial charge < -0.3 is 50.1 Å². The zero-order valence-corrected chi connectivity index (χ0v) is 29.9. The Morgan fingerprint density at radius 1 is 1.04 bits per heavy atom. The standard InChI is InChI=1S/C33H55N7O8S/c1-4-24-17-22(2)32(48-24)40-19-25(36-21-40)31(43)37-23(3)18-29(42)35-10-12-46-14-16-47-15-13-45-11-9-34-28(41)8-6-5-7-27-30-26(20-49-27)38-33(44)39-30/h19,21-24,26-27,30,32H,4-18,20H2,1-3H3,(H,34,41)(H,35,42)(H,37,43)(H2,38,39,44)/t22-,23-,24+,26+,27-,30+,32+/m0/s1. The van der Waals surface area contributed by atoms with E-state index in [2.05, 4.69) is 45.4 Å². The van der Waals surface area contributed by atoms with E-state index in [-0.39, 0.29) is 60.6 Å². The fraction of sp³-hybridized carbons (Fsp3) is 0.788. The molecule has 0 spiro atoms. The van der Waals surface area contributed by atoms with Crippen molar-refractivity contribution in [2.75, 3.05) is 58.5 Å². The number of nitrogens with one attached hydrogen (secondary N) is 5. The number of aromatic nitrogens is 2. The molecule has 0 saturated carbocycles. The molecule has 1 aromatic heterocycles. The van der Waals surface area contributed by atoms with Crippen molar-refractivity contribution in [3.8, 4) is 0 Å². The molecule has 3 saturated heterocycles. The Morgan fingerprint density at radius 2 is 1.73 bits per heavy atom. The van der Waals surface area contributed by atoms with Gasteiger partial charge in [-0.05, 0) is 32.6 Å². The highest BCUT2D eigenvalue weighted by molar-refractivity contribution is 8.00. The second kappa shape index (κ2) is 20.7. The number of ether oxygens (including phenoxy) is 4. The number of unbranched alkanes of at least 4 members (excludes halogenated alkanes) is 1. The first-order valence-corrected chi connectivity index (χ1v) is 18.7. The molecule has 7 atom stereocenters. The molecule has 5 amide bonds. The van der Waals surface area contributed by atoms with Gasteiger partial charge in [0.1, 0.15) is 11.9 Å². The molecule has 276 valence electrons. The number of nitrogens with zero attached hydrogens (tertiary/aromatic N) is 2. The molecule has 1 aromatic rings. The number of rotatable bonds is 23. The maximum absolute atomic E-state index is 12.6. The van der Waals surface area contributed by atoms with Crippen LogP contribution in [0.15, 0.2) is 12.5 Å². The number of thioether (sulfide) groups is 1. The minimum atomic E-state index is -0.362. The average Bonchev–Trinajstić information content (AvgIpc) is 3.86. The molecule has 0 bridgehead atoms. The first kappa shape index (κ1) is 38.9. The molecule has 3 aliphatic heterocycles. The van der Waals surface area contributed by atoms with Crippen molar-refractivity contribution in [3.05, 3.63) is 18.2 Å². The summed E-state index contributed by atoms with van der Waals surface area (Å²) >= 11 is 1.89. The van der Waals surface area contributed by atoms with Crippen LogP contribution in [0.25, 0.3) is 0 Å². The van der Waals surface area contributed by atoms with Gasteiger partial charge in [0.15, 0.2) is 0 Å². The number of amides is 5. The first-order chi connectivity index (χ1) is 23.7. The Kier molecular flexibility index (Phi) is 16.4. The number of hydrogen-bond donors (Lipinski definition) is 5. The number of urea groups is 1. The minimum Gasteiger partial charge on any atom is -0.377 e. The second-order valence-electron chi connectivity index (χ2n) is 13.0. The van der Waals surface area contributed by atoms with E-state index in [4.69, 9.17) is 18.9 Å². The van der Waals surface area contributed by atoms with Gasteiger partial charge in [0.2, 0.25) is 11.8 Å². The molecule has 4 rings (SSSR count). The Bertz CT molecular complexity index is 1210. The summed E-state index contributed by atoms with van der Waals surface area (Å²) < 4.78 is 24.4. The zero-order chi connectivity index (χ0) is 35.0. The summed E-state index contributed by atoms with van der Waals surface area (Å²) in [5.74, 6) is 0.809. The third kappa shape index (κ3) is 13.0. The molecular formula is C33H55N7O8S. The van der Waals surface area contributed by atoms with Crippen LogP contribution in [0.2, 0.25) is 0 Å². The Morgan fingerprint density at radius 3 is 2.43 bits per heavy atom. The van der Waals surface area contributed by atoms with E-state index >= 15 is 0 Å². The fourth-order valence-corrected chi connectivity index (χ4v) is 7.81. The van der Waals surface area contributed by atoms with E-state index in [1.165, 1.54) is 0 Å². The van der Waals surface area contributed by atoms with Gasteiger partial charge >= 0.3 is 6.03 Å². The molecule has 0 aromatic carbocycles. The summed E-state index contributed by atoms with van der Waals surface area (Å²) in [6.45, 7) is 9.23. The Balaban J connectivity index is 0.897. The molecule has 49 heavy (non-hydrogen) atoms. The van der Waals surface area contributed by atoms with E-state index < -0.39 is 0 Å². The molecule has 3 aliphatic rings. The van der Waals surface area contributed by atoms with Gasteiger partial charge in [0.25, 0.3) is 5.91 Å².